The summed E-state index contributed by atoms with van der Waals surface area (Å²) in [5.41, 5.74) is 0.0756. The Hall–Kier alpha value is -1.64. The molecule has 1 aliphatic rings. The van der Waals surface area contributed by atoms with Crippen molar-refractivity contribution in [1.29, 1.82) is 0 Å². The molecule has 0 aromatic heterocycles. The molecule has 8 heteroatoms. The number of phenols is 1. The zero-order valence-electron chi connectivity index (χ0n) is 11.6. The van der Waals surface area contributed by atoms with Crippen molar-refractivity contribution >= 4 is 21.4 Å². The third kappa shape index (κ3) is 4.42. The van der Waals surface area contributed by atoms with Gasteiger partial charge in [0.1, 0.15) is 5.75 Å². The van der Waals surface area contributed by atoms with Crippen LogP contribution in [0.5, 0.6) is 5.75 Å². The first kappa shape index (κ1) is 15.7. The van der Waals surface area contributed by atoms with Crippen molar-refractivity contribution in [2.45, 2.75) is 17.4 Å². The Morgan fingerprint density at radius 3 is 2.90 bits per heavy atom. The minimum atomic E-state index is -3.40. The van der Waals surface area contributed by atoms with E-state index in [2.05, 4.69) is 10.6 Å². The number of ether oxygens (including phenoxy) is 1. The molecule has 1 aromatic rings. The van der Waals surface area contributed by atoms with Crippen LogP contribution in [0.3, 0.4) is 0 Å². The number of hydrogen-bond acceptors (Lipinski definition) is 6. The molecule has 0 bridgehead atoms. The maximum atomic E-state index is 11.9. The summed E-state index contributed by atoms with van der Waals surface area (Å²) in [6, 6.07) is 3.77. The summed E-state index contributed by atoms with van der Waals surface area (Å²) < 4.78 is 28.4. The molecule has 1 amide bonds. The Labute approximate surface area is 123 Å². The van der Waals surface area contributed by atoms with E-state index in [1.807, 2.05) is 0 Å². The van der Waals surface area contributed by atoms with E-state index in [0.717, 1.165) is 12.8 Å². The third-order valence-electron chi connectivity index (χ3n) is 3.09. The first-order chi connectivity index (χ1) is 9.86. The van der Waals surface area contributed by atoms with Crippen LogP contribution < -0.4 is 10.6 Å². The highest BCUT2D eigenvalue weighted by molar-refractivity contribution is 7.90. The Kier molecular flexibility index (Phi) is 4.81. The Balaban J connectivity index is 2.06. The van der Waals surface area contributed by atoms with Gasteiger partial charge in [-0.25, -0.2) is 8.42 Å². The van der Waals surface area contributed by atoms with E-state index < -0.39 is 9.84 Å². The van der Waals surface area contributed by atoms with Crippen LogP contribution in [-0.4, -0.2) is 51.5 Å². The van der Waals surface area contributed by atoms with Crippen molar-refractivity contribution in [2.75, 3.05) is 31.3 Å². The standard InChI is InChI=1S/C13H18N2O5S/c1-21(18,19)10-2-3-12(16)11(7-10)15-13(17)6-9-8-14-4-5-20-9/h2-3,7,9,14,16H,4-6,8H2,1H3,(H,15,17). The quantitative estimate of drug-likeness (QED) is 0.682. The van der Waals surface area contributed by atoms with Gasteiger partial charge in [-0.05, 0) is 18.2 Å². The molecule has 116 valence electrons. The summed E-state index contributed by atoms with van der Waals surface area (Å²) in [4.78, 5) is 11.9. The summed E-state index contributed by atoms with van der Waals surface area (Å²) in [7, 11) is -3.40. The van der Waals surface area contributed by atoms with Crippen molar-refractivity contribution in [3.63, 3.8) is 0 Å². The number of sulfone groups is 1. The van der Waals surface area contributed by atoms with Gasteiger partial charge in [-0.3, -0.25) is 4.79 Å². The number of amides is 1. The first-order valence-corrected chi connectivity index (χ1v) is 8.40. The van der Waals surface area contributed by atoms with Gasteiger partial charge in [0.05, 0.1) is 29.7 Å². The molecule has 21 heavy (non-hydrogen) atoms. The zero-order chi connectivity index (χ0) is 15.5. The molecule has 1 heterocycles. The molecule has 1 aliphatic heterocycles. The van der Waals surface area contributed by atoms with Crippen molar-refractivity contribution in [3.8, 4) is 5.75 Å². The molecular weight excluding hydrogens is 296 g/mol. The van der Waals surface area contributed by atoms with Crippen LogP contribution in [-0.2, 0) is 19.4 Å². The number of phenolic OH excluding ortho intramolecular Hbond substituents is 1. The number of aromatic hydroxyl groups is 1. The van der Waals surface area contributed by atoms with Crippen LogP contribution in [0.4, 0.5) is 5.69 Å². The monoisotopic (exact) mass is 314 g/mol. The van der Waals surface area contributed by atoms with Crippen LogP contribution >= 0.6 is 0 Å². The van der Waals surface area contributed by atoms with Gasteiger partial charge < -0.3 is 20.5 Å². The van der Waals surface area contributed by atoms with Crippen molar-refractivity contribution in [1.82, 2.24) is 5.32 Å². The molecule has 1 unspecified atom stereocenters. The van der Waals surface area contributed by atoms with Crippen molar-refractivity contribution < 1.29 is 23.1 Å². The van der Waals surface area contributed by atoms with Crippen molar-refractivity contribution in [3.05, 3.63) is 18.2 Å². The molecule has 0 saturated carbocycles. The van der Waals surface area contributed by atoms with Crippen LogP contribution in [0.25, 0.3) is 0 Å². The van der Waals surface area contributed by atoms with E-state index in [-0.39, 0.29) is 34.8 Å². The second-order valence-corrected chi connectivity index (χ2v) is 6.92. The first-order valence-electron chi connectivity index (χ1n) is 6.51. The van der Waals surface area contributed by atoms with E-state index >= 15 is 0 Å². The smallest absolute Gasteiger partial charge is 0.227 e. The number of carbonyl (C=O) groups is 1. The van der Waals surface area contributed by atoms with Gasteiger partial charge in [-0.15, -0.1) is 0 Å². The van der Waals surface area contributed by atoms with Crippen LogP contribution in [0.2, 0.25) is 0 Å². The average Bonchev–Trinajstić information content (AvgIpc) is 2.41. The number of rotatable bonds is 4. The predicted molar refractivity (Wildman–Crippen MR) is 77.1 cm³/mol. The van der Waals surface area contributed by atoms with E-state index in [0.29, 0.717) is 13.2 Å². The van der Waals surface area contributed by atoms with Crippen molar-refractivity contribution in [2.24, 2.45) is 0 Å². The highest BCUT2D eigenvalue weighted by atomic mass is 32.2. The highest BCUT2D eigenvalue weighted by Gasteiger charge is 2.19. The SMILES string of the molecule is CS(=O)(=O)c1ccc(O)c(NC(=O)CC2CNCCO2)c1. The largest absolute Gasteiger partial charge is 0.506 e. The fraction of sp³-hybridized carbons (Fsp3) is 0.462. The molecule has 2 rings (SSSR count). The zero-order valence-corrected chi connectivity index (χ0v) is 12.4. The minimum absolute atomic E-state index is 0.0335. The molecule has 3 N–H and O–H groups in total. The summed E-state index contributed by atoms with van der Waals surface area (Å²) in [5, 5.41) is 15.3. The van der Waals surface area contributed by atoms with Gasteiger partial charge in [0.25, 0.3) is 0 Å². The number of carbonyl (C=O) groups excluding carboxylic acids is 1. The molecule has 7 nitrogen and oxygen atoms in total. The minimum Gasteiger partial charge on any atom is -0.506 e. The normalized spacial score (nSPS) is 19.2. The molecular formula is C13H18N2O5S. The molecule has 1 aromatic carbocycles. The van der Waals surface area contributed by atoms with E-state index in [4.69, 9.17) is 4.74 Å². The molecule has 1 fully saturated rings. The lowest BCUT2D eigenvalue weighted by Crippen LogP contribution is -2.40. The van der Waals surface area contributed by atoms with Crippen LogP contribution in [0.15, 0.2) is 23.1 Å². The van der Waals surface area contributed by atoms with E-state index in [9.17, 15) is 18.3 Å². The fourth-order valence-electron chi connectivity index (χ4n) is 2.00. The lowest BCUT2D eigenvalue weighted by Gasteiger charge is -2.23. The highest BCUT2D eigenvalue weighted by Crippen LogP contribution is 2.26. The van der Waals surface area contributed by atoms with Gasteiger partial charge in [-0.2, -0.15) is 0 Å². The third-order valence-corrected chi connectivity index (χ3v) is 4.20. The average molecular weight is 314 g/mol. The van der Waals surface area contributed by atoms with Crippen LogP contribution in [0, 0.1) is 0 Å². The summed E-state index contributed by atoms with van der Waals surface area (Å²) in [6.07, 6.45) is 0.973. The molecule has 1 saturated heterocycles. The molecule has 1 atom stereocenters. The predicted octanol–water partition coefficient (Wildman–Crippen LogP) is 0.113. The topological polar surface area (TPSA) is 105 Å². The van der Waals surface area contributed by atoms with E-state index in [1.54, 1.807) is 0 Å². The second-order valence-electron chi connectivity index (χ2n) is 4.90. The lowest BCUT2D eigenvalue weighted by molar-refractivity contribution is -0.119. The van der Waals surface area contributed by atoms with Crippen LogP contribution in [0.1, 0.15) is 6.42 Å². The summed E-state index contributed by atoms with van der Waals surface area (Å²) in [6.45, 7) is 1.89. The van der Waals surface area contributed by atoms with Gasteiger partial charge >= 0.3 is 0 Å². The number of anilines is 1. The maximum Gasteiger partial charge on any atom is 0.227 e. The lowest BCUT2D eigenvalue weighted by atomic mass is 10.2. The number of hydrogen-bond donors (Lipinski definition) is 3. The Morgan fingerprint density at radius 2 is 2.29 bits per heavy atom. The molecule has 0 radical (unpaired) electrons. The number of nitrogens with one attached hydrogen (secondary N) is 2. The Morgan fingerprint density at radius 1 is 1.52 bits per heavy atom. The second kappa shape index (κ2) is 6.42. The summed E-state index contributed by atoms with van der Waals surface area (Å²) >= 11 is 0. The van der Waals surface area contributed by atoms with E-state index in [1.165, 1.54) is 18.2 Å². The van der Waals surface area contributed by atoms with Gasteiger partial charge in [0.15, 0.2) is 9.84 Å². The fourth-order valence-corrected chi connectivity index (χ4v) is 2.65. The molecule has 0 aliphatic carbocycles. The number of benzene rings is 1. The van der Waals surface area contributed by atoms with Gasteiger partial charge in [0, 0.05) is 19.3 Å². The van der Waals surface area contributed by atoms with Gasteiger partial charge in [0.2, 0.25) is 5.91 Å². The molecule has 0 spiro atoms. The number of morpholine rings is 1. The summed E-state index contributed by atoms with van der Waals surface area (Å²) in [5.74, 6) is -0.525. The Bertz CT molecular complexity index is 623. The van der Waals surface area contributed by atoms with Gasteiger partial charge in [-0.1, -0.05) is 0 Å². The maximum absolute atomic E-state index is 11.9.